The average Bonchev–Trinajstić information content (AvgIpc) is 2.55. The number of anilines is 1. The second kappa shape index (κ2) is 8.86. The van der Waals surface area contributed by atoms with E-state index in [1.807, 2.05) is 38.1 Å². The number of hydrazone groups is 1. The van der Waals surface area contributed by atoms with Gasteiger partial charge in [-0.15, -0.1) is 0 Å². The lowest BCUT2D eigenvalue weighted by Gasteiger charge is -2.06. The summed E-state index contributed by atoms with van der Waals surface area (Å²) < 4.78 is 5.67. The molecule has 0 aliphatic carbocycles. The number of aromatic nitrogens is 2. The summed E-state index contributed by atoms with van der Waals surface area (Å²) in [7, 11) is 0. The summed E-state index contributed by atoms with van der Waals surface area (Å²) in [5.41, 5.74) is 4.19. The first-order valence-corrected chi connectivity index (χ1v) is 8.21. The summed E-state index contributed by atoms with van der Waals surface area (Å²) in [5.74, 6) is 1.33. The Morgan fingerprint density at radius 2 is 2.21 bits per heavy atom. The molecule has 2 aromatic rings. The van der Waals surface area contributed by atoms with Crippen LogP contribution in [0.2, 0.25) is 0 Å². The van der Waals surface area contributed by atoms with Crippen LogP contribution in [0.3, 0.4) is 0 Å². The quantitative estimate of drug-likeness (QED) is 0.441. The fourth-order valence-electron chi connectivity index (χ4n) is 2.01. The molecule has 0 unspecified atom stereocenters. The molecule has 0 bridgehead atoms. The second-order valence-corrected chi connectivity index (χ2v) is 5.82. The van der Waals surface area contributed by atoms with E-state index >= 15 is 0 Å². The van der Waals surface area contributed by atoms with Gasteiger partial charge in [0.2, 0.25) is 5.95 Å². The number of nitrogens with one attached hydrogen (secondary N) is 2. The van der Waals surface area contributed by atoms with E-state index in [0.717, 1.165) is 29.8 Å². The van der Waals surface area contributed by atoms with Gasteiger partial charge in [0.15, 0.2) is 0 Å². The number of rotatable bonds is 8. The van der Waals surface area contributed by atoms with Crippen molar-refractivity contribution in [2.75, 3.05) is 12.0 Å². The first-order chi connectivity index (χ1) is 11.6. The number of nitrogens with zero attached hydrogens (tertiary/aromatic N) is 2. The van der Waals surface area contributed by atoms with Gasteiger partial charge >= 0.3 is 0 Å². The number of aromatic amines is 1. The molecule has 0 aliphatic heterocycles. The summed E-state index contributed by atoms with van der Waals surface area (Å²) >= 11 is 0. The van der Waals surface area contributed by atoms with E-state index in [1.54, 1.807) is 6.21 Å². The number of benzene rings is 1. The van der Waals surface area contributed by atoms with E-state index in [2.05, 4.69) is 27.4 Å². The second-order valence-electron chi connectivity index (χ2n) is 5.82. The highest BCUT2D eigenvalue weighted by atomic mass is 16.5. The van der Waals surface area contributed by atoms with Crippen LogP contribution in [0.25, 0.3) is 0 Å². The van der Waals surface area contributed by atoms with Crippen LogP contribution in [0, 0.1) is 0 Å². The molecule has 0 atom stereocenters. The van der Waals surface area contributed by atoms with E-state index in [1.165, 1.54) is 6.07 Å². The van der Waals surface area contributed by atoms with Crippen LogP contribution in [0.4, 0.5) is 5.95 Å². The van der Waals surface area contributed by atoms with Crippen molar-refractivity contribution in [1.82, 2.24) is 9.97 Å². The molecule has 128 valence electrons. The third-order valence-corrected chi connectivity index (χ3v) is 3.36. The number of unbranched alkanes of at least 4 members (excludes halogenated alkanes) is 1. The van der Waals surface area contributed by atoms with Gasteiger partial charge in [0, 0.05) is 6.07 Å². The Balaban J connectivity index is 2.01. The third-order valence-electron chi connectivity index (χ3n) is 3.36. The number of H-pyrrole nitrogens is 1. The van der Waals surface area contributed by atoms with Crippen molar-refractivity contribution in [1.29, 1.82) is 0 Å². The fourth-order valence-corrected chi connectivity index (χ4v) is 2.01. The summed E-state index contributed by atoms with van der Waals surface area (Å²) in [6, 6.07) is 9.19. The zero-order valence-corrected chi connectivity index (χ0v) is 14.4. The summed E-state index contributed by atoms with van der Waals surface area (Å²) in [6.45, 7) is 6.81. The number of hydrogen-bond acceptors (Lipinski definition) is 5. The van der Waals surface area contributed by atoms with Gasteiger partial charge in [-0.1, -0.05) is 39.3 Å². The zero-order valence-electron chi connectivity index (χ0n) is 14.4. The normalized spacial score (nSPS) is 11.2. The molecule has 0 saturated carbocycles. The highest BCUT2D eigenvalue weighted by Gasteiger charge is 2.04. The Bertz CT molecular complexity index is 738. The molecule has 0 spiro atoms. The molecule has 24 heavy (non-hydrogen) atoms. The van der Waals surface area contributed by atoms with E-state index in [0.29, 0.717) is 12.6 Å². The molecule has 2 N–H and O–H groups in total. The molecule has 1 heterocycles. The van der Waals surface area contributed by atoms with Crippen LogP contribution < -0.4 is 15.7 Å². The maximum Gasteiger partial charge on any atom is 0.252 e. The average molecular weight is 328 g/mol. The number of ether oxygens (including phenoxy) is 1. The predicted octanol–water partition coefficient (Wildman–Crippen LogP) is 3.52. The van der Waals surface area contributed by atoms with Crippen LogP contribution in [0.1, 0.15) is 50.8 Å². The monoisotopic (exact) mass is 328 g/mol. The molecule has 6 heteroatoms. The van der Waals surface area contributed by atoms with Crippen LogP contribution in [-0.2, 0) is 0 Å². The van der Waals surface area contributed by atoms with Gasteiger partial charge < -0.3 is 4.74 Å². The summed E-state index contributed by atoms with van der Waals surface area (Å²) in [4.78, 5) is 18.6. The number of hydrogen-bond donors (Lipinski definition) is 2. The van der Waals surface area contributed by atoms with E-state index in [-0.39, 0.29) is 11.5 Å². The van der Waals surface area contributed by atoms with Crippen molar-refractivity contribution < 1.29 is 4.74 Å². The molecule has 2 rings (SSSR count). The van der Waals surface area contributed by atoms with Gasteiger partial charge in [-0.2, -0.15) is 5.10 Å². The van der Waals surface area contributed by atoms with Crippen molar-refractivity contribution in [2.45, 2.75) is 39.5 Å². The lowest BCUT2D eigenvalue weighted by Crippen LogP contribution is -2.12. The minimum atomic E-state index is -0.197. The maximum atomic E-state index is 11.6. The Hall–Kier alpha value is -2.63. The standard InChI is InChI=1S/C18H24N4O2/c1-4-5-9-24-15-8-6-7-14(10-15)12-19-22-18-20-16(13(2)3)11-17(23)21-18/h6-8,10-13H,4-5,9H2,1-3H3,(H2,20,21,22,23)/b19-12-. The lowest BCUT2D eigenvalue weighted by atomic mass is 10.1. The van der Waals surface area contributed by atoms with Crippen LogP contribution in [0.15, 0.2) is 40.2 Å². The highest BCUT2D eigenvalue weighted by molar-refractivity contribution is 5.80. The molecule has 6 nitrogen and oxygen atoms in total. The fraction of sp³-hybridized carbons (Fsp3) is 0.389. The molecular weight excluding hydrogens is 304 g/mol. The predicted molar refractivity (Wildman–Crippen MR) is 97.0 cm³/mol. The SMILES string of the molecule is CCCCOc1cccc(/C=N\Nc2nc(C(C)C)cc(=O)[nH]2)c1. The molecule has 0 fully saturated rings. The molecule has 1 aromatic carbocycles. The van der Waals surface area contributed by atoms with Crippen LogP contribution in [-0.4, -0.2) is 22.8 Å². The Kier molecular flexibility index (Phi) is 6.54. The Morgan fingerprint density at radius 3 is 2.96 bits per heavy atom. The first-order valence-electron chi connectivity index (χ1n) is 8.21. The van der Waals surface area contributed by atoms with Gasteiger partial charge in [0.1, 0.15) is 5.75 Å². The van der Waals surface area contributed by atoms with Crippen molar-refractivity contribution in [2.24, 2.45) is 5.10 Å². The van der Waals surface area contributed by atoms with Crippen molar-refractivity contribution in [3.63, 3.8) is 0 Å². The van der Waals surface area contributed by atoms with Crippen LogP contribution >= 0.6 is 0 Å². The largest absolute Gasteiger partial charge is 0.494 e. The van der Waals surface area contributed by atoms with E-state index < -0.39 is 0 Å². The van der Waals surface area contributed by atoms with Gasteiger partial charge in [-0.05, 0) is 30.0 Å². The van der Waals surface area contributed by atoms with Crippen molar-refractivity contribution in [3.8, 4) is 5.75 Å². The maximum absolute atomic E-state index is 11.6. The molecule has 0 saturated heterocycles. The molecule has 0 amide bonds. The minimum absolute atomic E-state index is 0.175. The summed E-state index contributed by atoms with van der Waals surface area (Å²) in [6.07, 6.45) is 3.80. The molecular formula is C18H24N4O2. The summed E-state index contributed by atoms with van der Waals surface area (Å²) in [5, 5.41) is 4.13. The highest BCUT2D eigenvalue weighted by Crippen LogP contribution is 2.13. The Morgan fingerprint density at radius 1 is 1.38 bits per heavy atom. The lowest BCUT2D eigenvalue weighted by molar-refractivity contribution is 0.309. The van der Waals surface area contributed by atoms with Gasteiger partial charge in [0.25, 0.3) is 5.56 Å². The first kappa shape index (κ1) is 17.7. The van der Waals surface area contributed by atoms with Gasteiger partial charge in [-0.3, -0.25) is 9.78 Å². The molecule has 0 aliphatic rings. The topological polar surface area (TPSA) is 79.4 Å². The Labute approximate surface area is 142 Å². The third kappa shape index (κ3) is 5.53. The van der Waals surface area contributed by atoms with Crippen molar-refractivity contribution >= 4 is 12.2 Å². The van der Waals surface area contributed by atoms with Crippen molar-refractivity contribution in [3.05, 3.63) is 51.9 Å². The molecule has 0 radical (unpaired) electrons. The van der Waals surface area contributed by atoms with E-state index in [9.17, 15) is 4.79 Å². The zero-order chi connectivity index (χ0) is 17.4. The van der Waals surface area contributed by atoms with Gasteiger partial charge in [-0.25, -0.2) is 10.4 Å². The minimum Gasteiger partial charge on any atom is -0.494 e. The van der Waals surface area contributed by atoms with Gasteiger partial charge in [0.05, 0.1) is 18.5 Å². The molecule has 1 aromatic heterocycles. The smallest absolute Gasteiger partial charge is 0.252 e. The van der Waals surface area contributed by atoms with E-state index in [4.69, 9.17) is 4.74 Å². The van der Waals surface area contributed by atoms with Crippen LogP contribution in [0.5, 0.6) is 5.75 Å².